The van der Waals surface area contributed by atoms with Gasteiger partial charge < -0.3 is 9.73 Å². The molecule has 0 fully saturated rings. The van der Waals surface area contributed by atoms with Crippen molar-refractivity contribution in [2.45, 2.75) is 52.1 Å². The highest BCUT2D eigenvalue weighted by atomic mass is 32.2. The molecule has 0 radical (unpaired) electrons. The van der Waals surface area contributed by atoms with Gasteiger partial charge in [0.1, 0.15) is 16.4 Å². The third-order valence-electron chi connectivity index (χ3n) is 3.07. The first-order valence-electron chi connectivity index (χ1n) is 7.23. The summed E-state index contributed by atoms with van der Waals surface area (Å²) in [5.41, 5.74) is 0.720. The van der Waals surface area contributed by atoms with E-state index >= 15 is 0 Å². The van der Waals surface area contributed by atoms with Gasteiger partial charge in [-0.05, 0) is 33.1 Å². The van der Waals surface area contributed by atoms with Crippen LogP contribution in [0.4, 0.5) is 0 Å². The molecule has 0 aliphatic carbocycles. The van der Waals surface area contributed by atoms with E-state index < -0.39 is 10.0 Å². The van der Waals surface area contributed by atoms with Gasteiger partial charge in [-0.3, -0.25) is 0 Å². The van der Waals surface area contributed by atoms with E-state index in [1.165, 1.54) is 0 Å². The van der Waals surface area contributed by atoms with Crippen molar-refractivity contribution in [3.63, 3.8) is 0 Å². The summed E-state index contributed by atoms with van der Waals surface area (Å²) in [6.45, 7) is 10.7. The van der Waals surface area contributed by atoms with Crippen LogP contribution >= 0.6 is 11.8 Å². The second kappa shape index (κ2) is 8.22. The molecule has 0 spiro atoms. The van der Waals surface area contributed by atoms with E-state index in [9.17, 15) is 8.42 Å². The van der Waals surface area contributed by atoms with Crippen LogP contribution in [0.25, 0.3) is 0 Å². The van der Waals surface area contributed by atoms with Crippen molar-refractivity contribution >= 4 is 21.8 Å². The molecule has 0 aliphatic heterocycles. The van der Waals surface area contributed by atoms with Gasteiger partial charge >= 0.3 is 0 Å². The summed E-state index contributed by atoms with van der Waals surface area (Å²) in [5, 5.41) is 3.16. The van der Waals surface area contributed by atoms with Crippen molar-refractivity contribution in [2.75, 3.05) is 18.1 Å². The molecule has 1 atom stereocenters. The highest BCUT2D eigenvalue weighted by molar-refractivity contribution is 7.99. The summed E-state index contributed by atoms with van der Waals surface area (Å²) >= 11 is 1.72. The fraction of sp³-hybridized carbons (Fsp3) is 0.714. The molecular formula is C14H26N2O3S2. The maximum Gasteiger partial charge on any atom is 0.244 e. The maximum atomic E-state index is 12.6. The summed E-state index contributed by atoms with van der Waals surface area (Å²) < 4.78 is 33.5. The third-order valence-corrected chi connectivity index (χ3v) is 6.00. The van der Waals surface area contributed by atoms with Gasteiger partial charge in [0.2, 0.25) is 10.0 Å². The predicted molar refractivity (Wildman–Crippen MR) is 88.3 cm³/mol. The molecule has 0 saturated carbocycles. The molecule has 0 amide bonds. The van der Waals surface area contributed by atoms with Gasteiger partial charge in [-0.1, -0.05) is 13.8 Å². The zero-order valence-electron chi connectivity index (χ0n) is 13.4. The quantitative estimate of drug-likeness (QED) is 0.726. The predicted octanol–water partition coefficient (Wildman–Crippen LogP) is 2.43. The van der Waals surface area contributed by atoms with Crippen molar-refractivity contribution < 1.29 is 12.8 Å². The Hall–Kier alpha value is -0.500. The molecular weight excluding hydrogens is 308 g/mol. The number of hydrogen-bond donors (Lipinski definition) is 2. The number of thioether (sulfide) groups is 1. The van der Waals surface area contributed by atoms with E-state index in [0.29, 0.717) is 18.1 Å². The molecule has 1 rings (SSSR count). The number of rotatable bonds is 9. The summed E-state index contributed by atoms with van der Waals surface area (Å²) in [6, 6.07) is -0.110. The lowest BCUT2D eigenvalue weighted by atomic mass is 10.2. The lowest BCUT2D eigenvalue weighted by Gasteiger charge is -2.14. The van der Waals surface area contributed by atoms with Crippen LogP contribution in [0.5, 0.6) is 0 Å². The van der Waals surface area contributed by atoms with Gasteiger partial charge in [0.15, 0.2) is 0 Å². The molecule has 2 N–H and O–H groups in total. The Morgan fingerprint density at radius 3 is 2.48 bits per heavy atom. The Labute approximate surface area is 132 Å². The van der Waals surface area contributed by atoms with Gasteiger partial charge in [-0.2, -0.15) is 11.8 Å². The Balaban J connectivity index is 3.01. The fourth-order valence-electron chi connectivity index (χ4n) is 2.17. The van der Waals surface area contributed by atoms with Crippen LogP contribution in [0.1, 0.15) is 37.9 Å². The van der Waals surface area contributed by atoms with Crippen LogP contribution in [-0.4, -0.2) is 32.5 Å². The van der Waals surface area contributed by atoms with Crippen molar-refractivity contribution in [1.29, 1.82) is 0 Å². The fourth-order valence-corrected chi connectivity index (χ4v) is 4.64. The van der Waals surface area contributed by atoms with E-state index in [1.54, 1.807) is 25.6 Å². The van der Waals surface area contributed by atoms with Crippen LogP contribution in [0.2, 0.25) is 0 Å². The maximum absolute atomic E-state index is 12.6. The number of aryl methyl sites for hydroxylation is 2. The van der Waals surface area contributed by atoms with Gasteiger partial charge in [0, 0.05) is 23.9 Å². The zero-order valence-corrected chi connectivity index (χ0v) is 15.1. The Bertz CT molecular complexity index is 553. The summed E-state index contributed by atoms with van der Waals surface area (Å²) in [7, 11) is -3.56. The number of hydrogen-bond acceptors (Lipinski definition) is 5. The first-order valence-corrected chi connectivity index (χ1v) is 9.86. The molecule has 1 aromatic heterocycles. The monoisotopic (exact) mass is 334 g/mol. The van der Waals surface area contributed by atoms with E-state index in [-0.39, 0.29) is 10.9 Å². The normalized spacial score (nSPS) is 13.6. The Morgan fingerprint density at radius 1 is 1.24 bits per heavy atom. The molecule has 21 heavy (non-hydrogen) atoms. The summed E-state index contributed by atoms with van der Waals surface area (Å²) in [6.07, 6.45) is 0. The summed E-state index contributed by atoms with van der Waals surface area (Å²) in [4.78, 5) is 0.286. The minimum atomic E-state index is -3.56. The molecule has 1 aromatic rings. The molecule has 0 aromatic carbocycles. The highest BCUT2D eigenvalue weighted by Gasteiger charge is 2.27. The van der Waals surface area contributed by atoms with Gasteiger partial charge in [0.25, 0.3) is 0 Å². The molecule has 0 aliphatic rings. The van der Waals surface area contributed by atoms with Gasteiger partial charge in [0.05, 0.1) is 0 Å². The second-order valence-electron chi connectivity index (χ2n) is 4.98. The van der Waals surface area contributed by atoms with Crippen molar-refractivity contribution in [1.82, 2.24) is 10.0 Å². The average molecular weight is 335 g/mol. The Kier molecular flexibility index (Phi) is 7.26. The van der Waals surface area contributed by atoms with Crippen LogP contribution in [0.3, 0.4) is 0 Å². The minimum absolute atomic E-state index is 0.110. The molecule has 0 bridgehead atoms. The second-order valence-corrected chi connectivity index (χ2v) is 7.95. The third kappa shape index (κ3) is 5.02. The smallest absolute Gasteiger partial charge is 0.244 e. The molecule has 7 heteroatoms. The van der Waals surface area contributed by atoms with E-state index in [1.807, 2.05) is 13.8 Å². The zero-order chi connectivity index (χ0) is 16.0. The standard InChI is InChI=1S/C14H26N2O3S2/c1-6-15-8-13-11(4)19-12(5)14(13)21(17,18)16-10(3)9-20-7-2/h10,15-16H,6-9H2,1-5H3. The van der Waals surface area contributed by atoms with Crippen molar-refractivity contribution in [2.24, 2.45) is 0 Å². The van der Waals surface area contributed by atoms with Crippen LogP contribution in [0.15, 0.2) is 9.31 Å². The number of sulfonamides is 1. The highest BCUT2D eigenvalue weighted by Crippen LogP contribution is 2.26. The first kappa shape index (κ1) is 18.5. The average Bonchev–Trinajstić information content (AvgIpc) is 2.68. The number of furan rings is 1. The number of nitrogens with one attached hydrogen (secondary N) is 2. The molecule has 0 saturated heterocycles. The Morgan fingerprint density at radius 2 is 1.90 bits per heavy atom. The van der Waals surface area contributed by atoms with E-state index in [0.717, 1.165) is 23.6 Å². The van der Waals surface area contributed by atoms with Crippen molar-refractivity contribution in [3.8, 4) is 0 Å². The van der Waals surface area contributed by atoms with Gasteiger partial charge in [-0.15, -0.1) is 0 Å². The van der Waals surface area contributed by atoms with E-state index in [4.69, 9.17) is 4.42 Å². The molecule has 5 nitrogen and oxygen atoms in total. The lowest BCUT2D eigenvalue weighted by molar-refractivity contribution is 0.492. The van der Waals surface area contributed by atoms with Gasteiger partial charge in [-0.25, -0.2) is 13.1 Å². The lowest BCUT2D eigenvalue weighted by Crippen LogP contribution is -2.35. The van der Waals surface area contributed by atoms with Crippen LogP contribution in [0, 0.1) is 13.8 Å². The van der Waals surface area contributed by atoms with E-state index in [2.05, 4.69) is 17.0 Å². The molecule has 1 heterocycles. The molecule has 122 valence electrons. The van der Waals surface area contributed by atoms with Crippen molar-refractivity contribution in [3.05, 3.63) is 17.1 Å². The summed E-state index contributed by atoms with van der Waals surface area (Å²) in [5.74, 6) is 2.84. The first-order chi connectivity index (χ1) is 9.83. The van der Waals surface area contributed by atoms with Crippen LogP contribution < -0.4 is 10.0 Å². The SMILES string of the molecule is CCNCc1c(C)oc(C)c1S(=O)(=O)NC(C)CSCC. The minimum Gasteiger partial charge on any atom is -0.465 e. The topological polar surface area (TPSA) is 71.3 Å². The van der Waals surface area contributed by atoms with Crippen LogP contribution in [-0.2, 0) is 16.6 Å². The molecule has 1 unspecified atom stereocenters. The largest absolute Gasteiger partial charge is 0.465 e.